The van der Waals surface area contributed by atoms with Crippen molar-refractivity contribution >= 4 is 22.7 Å². The van der Waals surface area contributed by atoms with Crippen molar-refractivity contribution in [1.82, 2.24) is 19.9 Å². The van der Waals surface area contributed by atoms with E-state index in [4.69, 9.17) is 9.47 Å². The molecule has 0 saturated carbocycles. The Bertz CT molecular complexity index is 1090. The van der Waals surface area contributed by atoms with Crippen molar-refractivity contribution in [3.63, 3.8) is 0 Å². The van der Waals surface area contributed by atoms with Crippen LogP contribution >= 0.6 is 0 Å². The summed E-state index contributed by atoms with van der Waals surface area (Å²) in [6.07, 6.45) is 3.11. The largest absolute Gasteiger partial charge is 0.439 e. The van der Waals surface area contributed by atoms with E-state index in [-0.39, 0.29) is 0 Å². The molecule has 2 aromatic carbocycles. The van der Waals surface area contributed by atoms with Crippen LogP contribution < -0.4 is 15.4 Å². The molecule has 0 bridgehead atoms. The average Bonchev–Trinajstić information content (AvgIpc) is 3.13. The van der Waals surface area contributed by atoms with E-state index >= 15 is 0 Å². The van der Waals surface area contributed by atoms with E-state index in [1.165, 1.54) is 6.33 Å². The van der Waals surface area contributed by atoms with E-state index in [0.717, 1.165) is 47.2 Å². The van der Waals surface area contributed by atoms with Crippen molar-refractivity contribution in [3.8, 4) is 11.6 Å². The second kappa shape index (κ2) is 7.76. The molecular formula is C21H20N6O2. The molecule has 0 radical (unpaired) electrons. The maximum Gasteiger partial charge on any atom is 0.222 e. The van der Waals surface area contributed by atoms with E-state index in [2.05, 4.69) is 36.6 Å². The van der Waals surface area contributed by atoms with Crippen LogP contribution in [0.1, 0.15) is 5.56 Å². The maximum atomic E-state index is 5.68. The monoisotopic (exact) mass is 388 g/mol. The number of hydrogen-bond acceptors (Lipinski definition) is 7. The van der Waals surface area contributed by atoms with Gasteiger partial charge in [-0.2, -0.15) is 0 Å². The standard InChI is InChI=1S/C21H20N6O2/c1-4-17(29-20-7-8-22-13-24-20)5-2-14(1)10-23-21-26-18-6-3-15(9-19(18)27-21)25-16-11-28-12-16/h1-9,13,16,25H,10-12H2,(H2,23,26,27). The predicted molar refractivity (Wildman–Crippen MR) is 110 cm³/mol. The Kier molecular flexibility index (Phi) is 4.67. The number of fused-ring (bicyclic) bond motifs is 1. The zero-order valence-electron chi connectivity index (χ0n) is 15.6. The molecule has 3 N–H and O–H groups in total. The Labute approximate surface area is 167 Å². The highest BCUT2D eigenvalue weighted by atomic mass is 16.5. The van der Waals surface area contributed by atoms with Gasteiger partial charge < -0.3 is 25.1 Å². The molecule has 1 fully saturated rings. The minimum absolute atomic E-state index is 0.397. The van der Waals surface area contributed by atoms with Gasteiger partial charge in [-0.25, -0.2) is 15.0 Å². The van der Waals surface area contributed by atoms with E-state index in [0.29, 0.717) is 18.5 Å². The number of nitrogens with one attached hydrogen (secondary N) is 3. The summed E-state index contributed by atoms with van der Waals surface area (Å²) in [4.78, 5) is 15.9. The summed E-state index contributed by atoms with van der Waals surface area (Å²) < 4.78 is 10.9. The molecule has 146 valence electrons. The number of ether oxygens (including phenoxy) is 2. The smallest absolute Gasteiger partial charge is 0.222 e. The Morgan fingerprint density at radius 1 is 1.10 bits per heavy atom. The van der Waals surface area contributed by atoms with Gasteiger partial charge in [0, 0.05) is 24.5 Å². The molecule has 0 atom stereocenters. The number of H-pyrrole nitrogens is 1. The Hall–Kier alpha value is -3.65. The number of aromatic amines is 1. The van der Waals surface area contributed by atoms with Gasteiger partial charge in [-0.05, 0) is 35.9 Å². The summed E-state index contributed by atoms with van der Waals surface area (Å²) >= 11 is 0. The van der Waals surface area contributed by atoms with Crippen molar-refractivity contribution in [2.24, 2.45) is 0 Å². The summed E-state index contributed by atoms with van der Waals surface area (Å²) in [5, 5.41) is 6.78. The quantitative estimate of drug-likeness (QED) is 0.445. The van der Waals surface area contributed by atoms with Gasteiger partial charge in [0.15, 0.2) is 0 Å². The Morgan fingerprint density at radius 3 is 2.76 bits per heavy atom. The van der Waals surface area contributed by atoms with Gasteiger partial charge in [0.2, 0.25) is 11.8 Å². The predicted octanol–water partition coefficient (Wildman–Crippen LogP) is 3.57. The second-order valence-corrected chi connectivity index (χ2v) is 6.84. The SMILES string of the molecule is c1cc(Oc2ccc(CNc3nc4ccc(NC5COC5)cc4[nH]3)cc2)ncn1. The first-order valence-electron chi connectivity index (χ1n) is 9.42. The highest BCUT2D eigenvalue weighted by Crippen LogP contribution is 2.22. The van der Waals surface area contributed by atoms with Crippen LogP contribution in [-0.4, -0.2) is 39.2 Å². The summed E-state index contributed by atoms with van der Waals surface area (Å²) in [5.74, 6) is 1.99. The molecule has 1 aliphatic heterocycles. The van der Waals surface area contributed by atoms with Crippen molar-refractivity contribution < 1.29 is 9.47 Å². The fourth-order valence-corrected chi connectivity index (χ4v) is 3.06. The summed E-state index contributed by atoms with van der Waals surface area (Å²) in [7, 11) is 0. The van der Waals surface area contributed by atoms with Gasteiger partial charge >= 0.3 is 0 Å². The molecule has 1 aliphatic rings. The molecule has 0 aliphatic carbocycles. The van der Waals surface area contributed by atoms with Crippen molar-refractivity contribution in [2.75, 3.05) is 23.8 Å². The molecule has 29 heavy (non-hydrogen) atoms. The first-order chi connectivity index (χ1) is 14.3. The Morgan fingerprint density at radius 2 is 2.00 bits per heavy atom. The maximum absolute atomic E-state index is 5.68. The molecule has 8 heteroatoms. The first kappa shape index (κ1) is 17.4. The van der Waals surface area contributed by atoms with Gasteiger partial charge in [-0.15, -0.1) is 0 Å². The normalized spacial score (nSPS) is 13.8. The number of rotatable bonds is 7. The molecule has 3 heterocycles. The zero-order valence-corrected chi connectivity index (χ0v) is 15.6. The molecule has 0 unspecified atom stereocenters. The van der Waals surface area contributed by atoms with Crippen LogP contribution in [0.15, 0.2) is 61.1 Å². The van der Waals surface area contributed by atoms with Crippen molar-refractivity contribution in [1.29, 1.82) is 0 Å². The first-order valence-corrected chi connectivity index (χ1v) is 9.42. The second-order valence-electron chi connectivity index (χ2n) is 6.84. The van der Waals surface area contributed by atoms with Gasteiger partial charge in [0.1, 0.15) is 12.1 Å². The van der Waals surface area contributed by atoms with Crippen LogP contribution in [-0.2, 0) is 11.3 Å². The molecule has 0 amide bonds. The van der Waals surface area contributed by atoms with Crippen LogP contribution in [0.2, 0.25) is 0 Å². The van der Waals surface area contributed by atoms with E-state index in [1.807, 2.05) is 36.4 Å². The van der Waals surface area contributed by atoms with Crippen LogP contribution in [0.5, 0.6) is 11.6 Å². The highest BCUT2D eigenvalue weighted by Gasteiger charge is 2.17. The van der Waals surface area contributed by atoms with Crippen molar-refractivity contribution in [2.45, 2.75) is 12.6 Å². The number of anilines is 2. The average molecular weight is 388 g/mol. The van der Waals surface area contributed by atoms with E-state index < -0.39 is 0 Å². The van der Waals surface area contributed by atoms with Crippen LogP contribution in [0.3, 0.4) is 0 Å². The number of nitrogens with zero attached hydrogens (tertiary/aromatic N) is 3. The van der Waals surface area contributed by atoms with Crippen LogP contribution in [0.25, 0.3) is 11.0 Å². The number of aromatic nitrogens is 4. The lowest BCUT2D eigenvalue weighted by molar-refractivity contribution is 0.0211. The van der Waals surface area contributed by atoms with Crippen LogP contribution in [0.4, 0.5) is 11.6 Å². The third-order valence-electron chi connectivity index (χ3n) is 4.65. The number of hydrogen-bond donors (Lipinski definition) is 3. The lowest BCUT2D eigenvalue weighted by atomic mass is 10.2. The summed E-state index contributed by atoms with van der Waals surface area (Å²) in [5.41, 5.74) is 4.11. The number of imidazole rings is 1. The molecule has 5 rings (SSSR count). The van der Waals surface area contributed by atoms with E-state index in [1.54, 1.807) is 12.3 Å². The lowest BCUT2D eigenvalue weighted by Crippen LogP contribution is -2.40. The zero-order chi connectivity index (χ0) is 19.5. The van der Waals surface area contributed by atoms with E-state index in [9.17, 15) is 0 Å². The molecule has 2 aromatic heterocycles. The summed E-state index contributed by atoms with van der Waals surface area (Å²) in [6, 6.07) is 16.1. The minimum atomic E-state index is 0.397. The molecule has 1 saturated heterocycles. The van der Waals surface area contributed by atoms with Crippen LogP contribution in [0, 0.1) is 0 Å². The van der Waals surface area contributed by atoms with Crippen molar-refractivity contribution in [3.05, 3.63) is 66.6 Å². The Balaban J connectivity index is 1.20. The molecule has 8 nitrogen and oxygen atoms in total. The third kappa shape index (κ3) is 4.12. The fourth-order valence-electron chi connectivity index (χ4n) is 3.06. The summed E-state index contributed by atoms with van der Waals surface area (Å²) in [6.45, 7) is 2.17. The fraction of sp³-hybridized carbons (Fsp3) is 0.190. The third-order valence-corrected chi connectivity index (χ3v) is 4.65. The van der Waals surface area contributed by atoms with Gasteiger partial charge in [-0.1, -0.05) is 12.1 Å². The topological polar surface area (TPSA) is 97.0 Å². The number of benzene rings is 2. The lowest BCUT2D eigenvalue weighted by Gasteiger charge is -2.27. The van der Waals surface area contributed by atoms with Gasteiger partial charge in [0.25, 0.3) is 0 Å². The molecule has 0 spiro atoms. The van der Waals surface area contributed by atoms with Gasteiger partial charge in [0.05, 0.1) is 30.3 Å². The van der Waals surface area contributed by atoms with Gasteiger partial charge in [-0.3, -0.25) is 0 Å². The highest BCUT2D eigenvalue weighted by molar-refractivity contribution is 5.81. The molecule has 4 aromatic rings. The minimum Gasteiger partial charge on any atom is -0.439 e. The molecular weight excluding hydrogens is 368 g/mol.